The maximum Gasteiger partial charge on any atom is 0.354 e. The van der Waals surface area contributed by atoms with Crippen LogP contribution in [0.5, 0.6) is 0 Å². The van der Waals surface area contributed by atoms with Crippen LogP contribution in [0.2, 0.25) is 0 Å². The zero-order valence-electron chi connectivity index (χ0n) is 9.37. The molecule has 0 spiro atoms. The van der Waals surface area contributed by atoms with E-state index in [0.29, 0.717) is 17.2 Å². The molecule has 0 saturated heterocycles. The number of carboxylic acids is 1. The lowest BCUT2D eigenvalue weighted by molar-refractivity contribution is 0.0691. The van der Waals surface area contributed by atoms with Crippen molar-refractivity contribution < 1.29 is 14.3 Å². The number of aromatic nitrogens is 3. The molecule has 0 atom stereocenters. The lowest BCUT2D eigenvalue weighted by Crippen LogP contribution is -1.99. The van der Waals surface area contributed by atoms with Crippen LogP contribution in [0.4, 0.5) is 0 Å². The number of nitrogens with zero attached hydrogens (tertiary/aromatic N) is 3. The average Bonchev–Trinajstić information content (AvgIpc) is 2.82. The van der Waals surface area contributed by atoms with E-state index >= 15 is 0 Å². The summed E-state index contributed by atoms with van der Waals surface area (Å²) >= 11 is 3.29. The third-order valence-corrected chi connectivity index (χ3v) is 2.89. The van der Waals surface area contributed by atoms with E-state index in [9.17, 15) is 4.79 Å². The summed E-state index contributed by atoms with van der Waals surface area (Å²) in [6, 6.07) is 6.45. The highest BCUT2D eigenvalue weighted by Gasteiger charge is 2.13. The number of halogens is 1. The number of rotatable bonds is 2. The van der Waals surface area contributed by atoms with Gasteiger partial charge in [-0.15, -0.1) is 0 Å². The molecule has 0 radical (unpaired) electrons. The first-order valence-corrected chi connectivity index (χ1v) is 6.05. The van der Waals surface area contributed by atoms with Crippen LogP contribution in [-0.2, 0) is 0 Å². The van der Waals surface area contributed by atoms with Gasteiger partial charge in [0.25, 0.3) is 0 Å². The molecular weight excluding hydrogens is 314 g/mol. The van der Waals surface area contributed by atoms with Gasteiger partial charge in [-0.3, -0.25) is 0 Å². The van der Waals surface area contributed by atoms with Gasteiger partial charge in [-0.25, -0.2) is 14.8 Å². The van der Waals surface area contributed by atoms with Crippen molar-refractivity contribution in [3.63, 3.8) is 0 Å². The standard InChI is InChI=1S/C12H6BrN3O3/c13-6-1-2-7(14-5-6)11-16-10-9(19-11)4-3-8(15-10)12(17)18/h1-5H,(H,17,18). The third kappa shape index (κ3) is 2.19. The Labute approximate surface area is 115 Å². The molecule has 0 aliphatic carbocycles. The van der Waals surface area contributed by atoms with E-state index < -0.39 is 5.97 Å². The summed E-state index contributed by atoms with van der Waals surface area (Å²) < 4.78 is 6.33. The zero-order valence-corrected chi connectivity index (χ0v) is 11.0. The fourth-order valence-electron chi connectivity index (χ4n) is 1.55. The molecule has 3 heterocycles. The lowest BCUT2D eigenvalue weighted by Gasteiger charge is -1.93. The predicted molar refractivity (Wildman–Crippen MR) is 69.7 cm³/mol. The van der Waals surface area contributed by atoms with Gasteiger partial charge in [0, 0.05) is 10.7 Å². The lowest BCUT2D eigenvalue weighted by atomic mass is 10.3. The van der Waals surface area contributed by atoms with Gasteiger partial charge in [0.05, 0.1) is 0 Å². The van der Waals surface area contributed by atoms with Gasteiger partial charge in [0.15, 0.2) is 16.9 Å². The quantitative estimate of drug-likeness (QED) is 0.781. The Morgan fingerprint density at radius 2 is 2.05 bits per heavy atom. The van der Waals surface area contributed by atoms with Crippen molar-refractivity contribution in [2.75, 3.05) is 0 Å². The van der Waals surface area contributed by atoms with Crippen molar-refractivity contribution in [1.82, 2.24) is 15.0 Å². The Morgan fingerprint density at radius 1 is 1.21 bits per heavy atom. The fourth-order valence-corrected chi connectivity index (χ4v) is 1.78. The van der Waals surface area contributed by atoms with Gasteiger partial charge in [0.1, 0.15) is 5.69 Å². The summed E-state index contributed by atoms with van der Waals surface area (Å²) in [6.45, 7) is 0. The van der Waals surface area contributed by atoms with Crippen LogP contribution in [0.1, 0.15) is 10.5 Å². The van der Waals surface area contributed by atoms with Gasteiger partial charge in [-0.2, -0.15) is 4.98 Å². The minimum absolute atomic E-state index is 0.0730. The van der Waals surface area contributed by atoms with Crippen LogP contribution in [0.3, 0.4) is 0 Å². The fraction of sp³-hybridized carbons (Fsp3) is 0. The highest BCUT2D eigenvalue weighted by Crippen LogP contribution is 2.22. The molecule has 7 heteroatoms. The molecule has 6 nitrogen and oxygen atoms in total. The number of pyridine rings is 2. The molecular formula is C12H6BrN3O3. The van der Waals surface area contributed by atoms with Crippen molar-refractivity contribution in [3.8, 4) is 11.6 Å². The number of fused-ring (bicyclic) bond motifs is 1. The molecule has 3 aromatic heterocycles. The van der Waals surface area contributed by atoms with Crippen LogP contribution in [0.25, 0.3) is 22.8 Å². The van der Waals surface area contributed by atoms with Crippen LogP contribution >= 0.6 is 15.9 Å². The molecule has 0 unspecified atom stereocenters. The summed E-state index contributed by atoms with van der Waals surface area (Å²) in [6.07, 6.45) is 1.63. The monoisotopic (exact) mass is 319 g/mol. The van der Waals surface area contributed by atoms with Gasteiger partial charge in [-0.1, -0.05) is 0 Å². The smallest absolute Gasteiger partial charge is 0.354 e. The summed E-state index contributed by atoms with van der Waals surface area (Å²) in [7, 11) is 0. The molecule has 3 rings (SSSR count). The maximum absolute atomic E-state index is 10.8. The number of carbonyl (C=O) groups is 1. The van der Waals surface area contributed by atoms with Crippen LogP contribution < -0.4 is 0 Å². The molecule has 0 aromatic carbocycles. The zero-order chi connectivity index (χ0) is 13.4. The van der Waals surface area contributed by atoms with Crippen molar-refractivity contribution in [2.45, 2.75) is 0 Å². The predicted octanol–water partition coefficient (Wildman–Crippen LogP) is 2.75. The topological polar surface area (TPSA) is 89.1 Å². The van der Waals surface area contributed by atoms with E-state index in [1.165, 1.54) is 12.1 Å². The van der Waals surface area contributed by atoms with Crippen molar-refractivity contribution in [3.05, 3.63) is 40.6 Å². The number of oxazole rings is 1. The summed E-state index contributed by atoms with van der Waals surface area (Å²) in [5, 5.41) is 8.86. The van der Waals surface area contributed by atoms with Gasteiger partial charge in [0.2, 0.25) is 5.89 Å². The normalized spacial score (nSPS) is 10.8. The average molecular weight is 320 g/mol. The second-order valence-electron chi connectivity index (χ2n) is 3.70. The number of aromatic carboxylic acids is 1. The molecule has 0 aliphatic heterocycles. The minimum atomic E-state index is -1.10. The SMILES string of the molecule is O=C(O)c1ccc2oc(-c3ccc(Br)cn3)nc2n1. The Morgan fingerprint density at radius 3 is 2.74 bits per heavy atom. The van der Waals surface area contributed by atoms with E-state index in [-0.39, 0.29) is 11.3 Å². The largest absolute Gasteiger partial charge is 0.477 e. The Kier molecular flexibility index (Phi) is 2.75. The maximum atomic E-state index is 10.8. The molecule has 0 saturated carbocycles. The van der Waals surface area contributed by atoms with Gasteiger partial charge >= 0.3 is 5.97 Å². The second kappa shape index (κ2) is 4.43. The molecule has 19 heavy (non-hydrogen) atoms. The molecule has 0 bridgehead atoms. The number of hydrogen-bond acceptors (Lipinski definition) is 5. The first-order valence-electron chi connectivity index (χ1n) is 5.26. The molecule has 0 amide bonds. The molecule has 94 valence electrons. The molecule has 3 aromatic rings. The Balaban J connectivity index is 2.11. The summed E-state index contributed by atoms with van der Waals surface area (Å²) in [5.41, 5.74) is 1.15. The Bertz CT molecular complexity index is 767. The molecule has 1 N–H and O–H groups in total. The first-order chi connectivity index (χ1) is 9.13. The molecule has 0 fully saturated rings. The van der Waals surface area contributed by atoms with Crippen molar-refractivity contribution >= 4 is 33.1 Å². The van der Waals surface area contributed by atoms with E-state index in [4.69, 9.17) is 9.52 Å². The van der Waals surface area contributed by atoms with Crippen molar-refractivity contribution in [2.24, 2.45) is 0 Å². The number of hydrogen-bond donors (Lipinski definition) is 1. The van der Waals surface area contributed by atoms with Crippen LogP contribution in [-0.4, -0.2) is 26.0 Å². The van der Waals surface area contributed by atoms with E-state index in [2.05, 4.69) is 30.9 Å². The third-order valence-electron chi connectivity index (χ3n) is 2.42. The first kappa shape index (κ1) is 11.8. The highest BCUT2D eigenvalue weighted by molar-refractivity contribution is 9.10. The second-order valence-corrected chi connectivity index (χ2v) is 4.62. The van der Waals surface area contributed by atoms with E-state index in [0.717, 1.165) is 4.47 Å². The minimum Gasteiger partial charge on any atom is -0.477 e. The molecule has 0 aliphatic rings. The van der Waals surface area contributed by atoms with E-state index in [1.54, 1.807) is 12.3 Å². The van der Waals surface area contributed by atoms with Crippen LogP contribution in [0.15, 0.2) is 39.4 Å². The number of carboxylic acid groups (broad SMARTS) is 1. The Hall–Kier alpha value is -2.28. The van der Waals surface area contributed by atoms with Gasteiger partial charge < -0.3 is 9.52 Å². The van der Waals surface area contributed by atoms with Gasteiger partial charge in [-0.05, 0) is 40.2 Å². The summed E-state index contributed by atoms with van der Waals surface area (Å²) in [5.74, 6) is -0.800. The van der Waals surface area contributed by atoms with E-state index in [1.807, 2.05) is 6.07 Å². The summed E-state index contributed by atoms with van der Waals surface area (Å²) in [4.78, 5) is 23.0. The van der Waals surface area contributed by atoms with Crippen LogP contribution in [0, 0.1) is 0 Å². The van der Waals surface area contributed by atoms with Crippen molar-refractivity contribution in [1.29, 1.82) is 0 Å². The highest BCUT2D eigenvalue weighted by atomic mass is 79.9.